The van der Waals surface area contributed by atoms with Crippen molar-refractivity contribution < 1.29 is 30.3 Å². The van der Waals surface area contributed by atoms with Crippen LogP contribution in [-0.4, -0.2) is 66.8 Å². The van der Waals surface area contributed by atoms with Gasteiger partial charge < -0.3 is 30.3 Å². The molecule has 1 heterocycles. The van der Waals surface area contributed by atoms with Crippen LogP contribution < -0.4 is 0 Å². The molecule has 5 fully saturated rings. The quantitative estimate of drug-likeness (QED) is 0.390. The highest BCUT2D eigenvalue weighted by atomic mass is 16.6. The molecule has 11 unspecified atom stereocenters. The zero-order valence-electron chi connectivity index (χ0n) is 16.0. The third kappa shape index (κ3) is 1.64. The van der Waals surface area contributed by atoms with Gasteiger partial charge in [-0.3, -0.25) is 0 Å². The zero-order chi connectivity index (χ0) is 19.1. The van der Waals surface area contributed by atoms with Crippen molar-refractivity contribution in [2.45, 2.75) is 94.6 Å². The molecule has 6 nitrogen and oxygen atoms in total. The van der Waals surface area contributed by atoms with Gasteiger partial charge in [0.15, 0.2) is 0 Å². The zero-order valence-corrected chi connectivity index (χ0v) is 16.0. The lowest BCUT2D eigenvalue weighted by molar-refractivity contribution is -0.222. The van der Waals surface area contributed by atoms with E-state index in [2.05, 4.69) is 0 Å². The molecular formula is C20H32O6. The summed E-state index contributed by atoms with van der Waals surface area (Å²) in [5.41, 5.74) is -5.30. The molecule has 0 amide bonds. The highest BCUT2D eigenvalue weighted by molar-refractivity contribution is 5.31. The summed E-state index contributed by atoms with van der Waals surface area (Å²) in [6, 6.07) is 0. The van der Waals surface area contributed by atoms with Crippen molar-refractivity contribution in [2.75, 3.05) is 0 Å². The van der Waals surface area contributed by atoms with Gasteiger partial charge >= 0.3 is 0 Å². The van der Waals surface area contributed by atoms with Gasteiger partial charge in [-0.05, 0) is 45.4 Å². The Hall–Kier alpha value is -0.240. The Bertz CT molecular complexity index is 659. The number of fused-ring (bicyclic) bond motifs is 4. The number of hydrogen-bond acceptors (Lipinski definition) is 6. The summed E-state index contributed by atoms with van der Waals surface area (Å²) < 4.78 is 5.82. The molecule has 2 bridgehead atoms. The SMILES string of the molecule is CC1(O)CC23CC(O)C4(O)C(C5OC5C4(C)C)C(C)(O)C2CCC1C3O. The number of epoxide rings is 1. The van der Waals surface area contributed by atoms with Gasteiger partial charge in [-0.2, -0.15) is 0 Å². The maximum absolute atomic E-state index is 11.8. The van der Waals surface area contributed by atoms with Crippen LogP contribution in [0.1, 0.15) is 53.4 Å². The first-order valence-electron chi connectivity index (χ1n) is 10.0. The van der Waals surface area contributed by atoms with Crippen molar-refractivity contribution in [3.05, 3.63) is 0 Å². The number of ether oxygens (including phenoxy) is 1. The first kappa shape index (κ1) is 17.8. The van der Waals surface area contributed by atoms with Crippen LogP contribution in [0.3, 0.4) is 0 Å². The molecule has 26 heavy (non-hydrogen) atoms. The first-order valence-corrected chi connectivity index (χ1v) is 10.0. The summed E-state index contributed by atoms with van der Waals surface area (Å²) in [4.78, 5) is 0. The Balaban J connectivity index is 1.70. The van der Waals surface area contributed by atoms with Gasteiger partial charge in [-0.25, -0.2) is 0 Å². The lowest BCUT2D eigenvalue weighted by atomic mass is 9.57. The van der Waals surface area contributed by atoms with E-state index in [1.807, 2.05) is 13.8 Å². The topological polar surface area (TPSA) is 114 Å². The van der Waals surface area contributed by atoms with E-state index in [9.17, 15) is 25.5 Å². The monoisotopic (exact) mass is 368 g/mol. The second-order valence-corrected chi connectivity index (χ2v) is 10.9. The minimum absolute atomic E-state index is 0.166. The van der Waals surface area contributed by atoms with Crippen LogP contribution in [0, 0.1) is 28.6 Å². The molecule has 1 aliphatic heterocycles. The molecule has 1 spiro atoms. The van der Waals surface area contributed by atoms with Gasteiger partial charge in [-0.15, -0.1) is 0 Å². The van der Waals surface area contributed by atoms with Crippen LogP contribution in [-0.2, 0) is 4.74 Å². The van der Waals surface area contributed by atoms with Crippen LogP contribution in [0.5, 0.6) is 0 Å². The molecule has 4 aliphatic carbocycles. The molecule has 0 radical (unpaired) electrons. The van der Waals surface area contributed by atoms with Gasteiger partial charge in [0.2, 0.25) is 0 Å². The minimum Gasteiger partial charge on any atom is -0.392 e. The predicted octanol–water partition coefficient (Wildman–Crippen LogP) is 0.185. The van der Waals surface area contributed by atoms with E-state index in [0.29, 0.717) is 19.3 Å². The molecule has 6 heteroatoms. The Labute approximate surface area is 154 Å². The molecule has 0 aromatic carbocycles. The minimum atomic E-state index is -1.49. The Morgan fingerprint density at radius 3 is 2.27 bits per heavy atom. The summed E-state index contributed by atoms with van der Waals surface area (Å²) >= 11 is 0. The van der Waals surface area contributed by atoms with E-state index in [-0.39, 0.29) is 30.5 Å². The van der Waals surface area contributed by atoms with Crippen molar-refractivity contribution in [2.24, 2.45) is 28.6 Å². The number of rotatable bonds is 0. The van der Waals surface area contributed by atoms with Crippen LogP contribution in [0.15, 0.2) is 0 Å². The Kier molecular flexibility index (Phi) is 3.08. The molecule has 0 aromatic heterocycles. The van der Waals surface area contributed by atoms with Gasteiger partial charge in [-0.1, -0.05) is 13.8 Å². The second-order valence-electron chi connectivity index (χ2n) is 10.9. The van der Waals surface area contributed by atoms with Gasteiger partial charge in [0.05, 0.1) is 35.6 Å². The van der Waals surface area contributed by atoms with E-state index in [4.69, 9.17) is 4.74 Å². The molecule has 148 valence electrons. The smallest absolute Gasteiger partial charge is 0.106 e. The molecule has 5 aliphatic rings. The predicted molar refractivity (Wildman–Crippen MR) is 92.0 cm³/mol. The van der Waals surface area contributed by atoms with E-state index in [0.717, 1.165) is 0 Å². The average molecular weight is 368 g/mol. The molecule has 0 aromatic rings. The number of hydrogen-bond donors (Lipinski definition) is 5. The van der Waals surface area contributed by atoms with Gasteiger partial charge in [0.1, 0.15) is 5.60 Å². The fourth-order valence-corrected chi connectivity index (χ4v) is 8.27. The number of aliphatic hydroxyl groups is 5. The molecule has 4 saturated carbocycles. The third-order valence-electron chi connectivity index (χ3n) is 9.40. The van der Waals surface area contributed by atoms with E-state index in [1.165, 1.54) is 0 Å². The summed E-state index contributed by atoms with van der Waals surface area (Å²) in [6.07, 6.45) is -0.485. The standard InChI is InChI=1S/C20H32O6/c1-16(2)15-12(26-15)13-18(4,24)10-6-5-9-14(22)19(10,8-17(9,3)23)7-11(21)20(13,16)25/h9-15,21-25H,5-8H2,1-4H3. The average Bonchev–Trinajstić information content (AvgIpc) is 3.22. The maximum Gasteiger partial charge on any atom is 0.106 e. The summed E-state index contributed by atoms with van der Waals surface area (Å²) in [7, 11) is 0. The highest BCUT2D eigenvalue weighted by Gasteiger charge is 2.82. The van der Waals surface area contributed by atoms with Crippen molar-refractivity contribution in [3.63, 3.8) is 0 Å². The van der Waals surface area contributed by atoms with E-state index < -0.39 is 45.8 Å². The van der Waals surface area contributed by atoms with Crippen molar-refractivity contribution in [3.8, 4) is 0 Å². The lowest BCUT2D eigenvalue weighted by Gasteiger charge is -2.51. The van der Waals surface area contributed by atoms with Crippen molar-refractivity contribution in [1.82, 2.24) is 0 Å². The van der Waals surface area contributed by atoms with Crippen LogP contribution in [0.2, 0.25) is 0 Å². The number of aliphatic hydroxyl groups excluding tert-OH is 2. The summed E-state index contributed by atoms with van der Waals surface area (Å²) in [5.74, 6) is -1.17. The maximum atomic E-state index is 11.8. The summed E-state index contributed by atoms with van der Waals surface area (Å²) in [5, 5.41) is 56.9. The van der Waals surface area contributed by atoms with E-state index >= 15 is 0 Å². The molecule has 11 atom stereocenters. The largest absolute Gasteiger partial charge is 0.392 e. The van der Waals surface area contributed by atoms with Crippen LogP contribution >= 0.6 is 0 Å². The van der Waals surface area contributed by atoms with Crippen LogP contribution in [0.4, 0.5) is 0 Å². The van der Waals surface area contributed by atoms with Crippen molar-refractivity contribution >= 4 is 0 Å². The molecular weight excluding hydrogens is 336 g/mol. The van der Waals surface area contributed by atoms with E-state index in [1.54, 1.807) is 13.8 Å². The lowest BCUT2D eigenvalue weighted by Crippen LogP contribution is -2.63. The van der Waals surface area contributed by atoms with Crippen LogP contribution in [0.25, 0.3) is 0 Å². The third-order valence-corrected chi connectivity index (χ3v) is 9.40. The molecule has 5 rings (SSSR count). The van der Waals surface area contributed by atoms with Gasteiger partial charge in [0.25, 0.3) is 0 Å². The first-order chi connectivity index (χ1) is 11.8. The highest BCUT2D eigenvalue weighted by Crippen LogP contribution is 2.72. The van der Waals surface area contributed by atoms with Gasteiger partial charge in [0, 0.05) is 22.7 Å². The van der Waals surface area contributed by atoms with Crippen molar-refractivity contribution in [1.29, 1.82) is 0 Å². The second kappa shape index (κ2) is 4.50. The Morgan fingerprint density at radius 2 is 1.62 bits per heavy atom. The molecule has 1 saturated heterocycles. The Morgan fingerprint density at radius 1 is 0.962 bits per heavy atom. The fourth-order valence-electron chi connectivity index (χ4n) is 8.27. The fraction of sp³-hybridized carbons (Fsp3) is 1.00. The summed E-state index contributed by atoms with van der Waals surface area (Å²) in [6.45, 7) is 7.29. The normalized spacial score (nSPS) is 68.0. The molecule has 5 N–H and O–H groups in total.